The number of hydrogen-bond acceptors (Lipinski definition) is 2. The lowest BCUT2D eigenvalue weighted by Gasteiger charge is -2.14. The van der Waals surface area contributed by atoms with Crippen molar-refractivity contribution in [3.05, 3.63) is 29.8 Å². The Labute approximate surface area is 103 Å². The minimum atomic E-state index is 0.00270. The molecule has 0 aliphatic heterocycles. The third-order valence-corrected chi connectivity index (χ3v) is 2.45. The predicted octanol–water partition coefficient (Wildman–Crippen LogP) is 2.98. The van der Waals surface area contributed by atoms with Crippen molar-refractivity contribution in [2.24, 2.45) is 0 Å². The van der Waals surface area contributed by atoms with Crippen molar-refractivity contribution in [2.45, 2.75) is 32.2 Å². The second-order valence-electron chi connectivity index (χ2n) is 4.29. The van der Waals surface area contributed by atoms with Crippen molar-refractivity contribution < 1.29 is 4.74 Å². The molecule has 0 aromatic heterocycles. The lowest BCUT2D eigenvalue weighted by atomic mass is 10.2. The average Bonchev–Trinajstić information content (AvgIpc) is 2.23. The van der Waals surface area contributed by atoms with Crippen molar-refractivity contribution in [1.82, 2.24) is 5.32 Å². The van der Waals surface area contributed by atoms with Gasteiger partial charge in [-0.25, -0.2) is 0 Å². The molecule has 0 saturated carbocycles. The van der Waals surface area contributed by atoms with Gasteiger partial charge in [-0.2, -0.15) is 0 Å². The first-order chi connectivity index (χ1) is 7.58. The predicted molar refractivity (Wildman–Crippen MR) is 69.5 cm³/mol. The summed E-state index contributed by atoms with van der Waals surface area (Å²) in [7, 11) is 0. The van der Waals surface area contributed by atoms with Gasteiger partial charge in [-0.15, -0.1) is 11.6 Å². The Kier molecular flexibility index (Phi) is 5.64. The minimum absolute atomic E-state index is 0.00270. The molecule has 1 N–H and O–H groups in total. The molecule has 0 amide bonds. The summed E-state index contributed by atoms with van der Waals surface area (Å²) >= 11 is 6.13. The second kappa shape index (κ2) is 6.77. The van der Waals surface area contributed by atoms with Gasteiger partial charge >= 0.3 is 0 Å². The maximum atomic E-state index is 6.13. The Hall–Kier alpha value is -0.730. The van der Waals surface area contributed by atoms with Crippen LogP contribution in [-0.2, 0) is 0 Å². The van der Waals surface area contributed by atoms with E-state index in [0.717, 1.165) is 12.3 Å². The zero-order valence-corrected chi connectivity index (χ0v) is 10.9. The lowest BCUT2D eigenvalue weighted by molar-refractivity contribution is 0.309. The van der Waals surface area contributed by atoms with Crippen LogP contribution in [0, 0.1) is 6.92 Å². The number of rotatable bonds is 6. The molecule has 0 aliphatic carbocycles. The summed E-state index contributed by atoms with van der Waals surface area (Å²) in [5, 5.41) is 3.28. The molecule has 0 saturated heterocycles. The number of ether oxygens (including phenoxy) is 1. The Morgan fingerprint density at radius 3 is 2.75 bits per heavy atom. The number of alkyl halides is 1. The van der Waals surface area contributed by atoms with Crippen LogP contribution in [0.15, 0.2) is 24.3 Å². The zero-order valence-electron chi connectivity index (χ0n) is 10.2. The molecule has 0 bridgehead atoms. The number of halogens is 1. The molecule has 1 aromatic rings. The fraction of sp³-hybridized carbons (Fsp3) is 0.538. The Morgan fingerprint density at radius 2 is 2.12 bits per heavy atom. The van der Waals surface area contributed by atoms with Crippen LogP contribution >= 0.6 is 11.6 Å². The molecule has 0 heterocycles. The summed E-state index contributed by atoms with van der Waals surface area (Å²) in [5.41, 5.74) is 1.20. The summed E-state index contributed by atoms with van der Waals surface area (Å²) in [6, 6.07) is 8.46. The van der Waals surface area contributed by atoms with Crippen molar-refractivity contribution in [1.29, 1.82) is 0 Å². The fourth-order valence-corrected chi connectivity index (χ4v) is 1.47. The molecule has 2 nitrogen and oxygen atoms in total. The first-order valence-corrected chi connectivity index (χ1v) is 6.08. The van der Waals surface area contributed by atoms with Gasteiger partial charge in [0, 0.05) is 12.6 Å². The van der Waals surface area contributed by atoms with Crippen LogP contribution in [-0.4, -0.2) is 24.6 Å². The molecule has 3 heteroatoms. The molecule has 0 spiro atoms. The number of benzene rings is 1. The van der Waals surface area contributed by atoms with Gasteiger partial charge < -0.3 is 10.1 Å². The Balaban J connectivity index is 2.28. The van der Waals surface area contributed by atoms with E-state index in [1.807, 2.05) is 31.2 Å². The normalized spacial score (nSPS) is 12.8. The average molecular weight is 242 g/mol. The summed E-state index contributed by atoms with van der Waals surface area (Å²) in [6.07, 6.45) is 0. The van der Waals surface area contributed by atoms with Gasteiger partial charge in [-0.3, -0.25) is 0 Å². The van der Waals surface area contributed by atoms with Gasteiger partial charge in [0.25, 0.3) is 0 Å². The number of aryl methyl sites for hydroxylation is 1. The largest absolute Gasteiger partial charge is 0.492 e. The summed E-state index contributed by atoms with van der Waals surface area (Å²) in [6.45, 7) is 7.55. The van der Waals surface area contributed by atoms with Crippen LogP contribution in [0.25, 0.3) is 0 Å². The highest BCUT2D eigenvalue weighted by atomic mass is 35.5. The van der Waals surface area contributed by atoms with Gasteiger partial charge in [0.1, 0.15) is 12.4 Å². The molecule has 1 unspecified atom stereocenters. The maximum absolute atomic E-state index is 6.13. The van der Waals surface area contributed by atoms with E-state index >= 15 is 0 Å². The first-order valence-electron chi connectivity index (χ1n) is 5.65. The highest BCUT2D eigenvalue weighted by molar-refractivity contribution is 6.20. The molecular formula is C13H20ClNO. The highest BCUT2D eigenvalue weighted by Gasteiger charge is 2.06. The van der Waals surface area contributed by atoms with Crippen LogP contribution < -0.4 is 10.1 Å². The van der Waals surface area contributed by atoms with Crippen molar-refractivity contribution in [3.63, 3.8) is 0 Å². The molecule has 1 rings (SSSR count). The third kappa shape index (κ3) is 5.38. The van der Waals surface area contributed by atoms with Crippen LogP contribution in [0.1, 0.15) is 19.4 Å². The summed E-state index contributed by atoms with van der Waals surface area (Å²) in [4.78, 5) is 0. The minimum Gasteiger partial charge on any atom is -0.492 e. The molecule has 0 fully saturated rings. The maximum Gasteiger partial charge on any atom is 0.119 e. The fourth-order valence-electron chi connectivity index (χ4n) is 1.31. The van der Waals surface area contributed by atoms with E-state index in [2.05, 4.69) is 19.2 Å². The lowest BCUT2D eigenvalue weighted by Crippen LogP contribution is -2.32. The molecule has 0 radical (unpaired) electrons. The first kappa shape index (κ1) is 13.3. The van der Waals surface area contributed by atoms with Crippen LogP contribution in [0.5, 0.6) is 5.75 Å². The van der Waals surface area contributed by atoms with Gasteiger partial charge in [-0.05, 0) is 24.6 Å². The van der Waals surface area contributed by atoms with Gasteiger partial charge in [0.2, 0.25) is 0 Å². The topological polar surface area (TPSA) is 21.3 Å². The van der Waals surface area contributed by atoms with Gasteiger partial charge in [-0.1, -0.05) is 26.0 Å². The molecule has 16 heavy (non-hydrogen) atoms. The quantitative estimate of drug-likeness (QED) is 0.774. The van der Waals surface area contributed by atoms with E-state index in [-0.39, 0.29) is 5.38 Å². The van der Waals surface area contributed by atoms with Crippen LogP contribution in [0.2, 0.25) is 0 Å². The van der Waals surface area contributed by atoms with Crippen molar-refractivity contribution >= 4 is 11.6 Å². The SMILES string of the molecule is Cc1cccc(OCC(Cl)CNC(C)C)c1. The molecule has 1 atom stereocenters. The smallest absolute Gasteiger partial charge is 0.119 e. The van der Waals surface area contributed by atoms with E-state index in [9.17, 15) is 0 Å². The van der Waals surface area contributed by atoms with E-state index in [1.165, 1.54) is 5.56 Å². The van der Waals surface area contributed by atoms with E-state index in [1.54, 1.807) is 0 Å². The Morgan fingerprint density at radius 1 is 1.38 bits per heavy atom. The summed E-state index contributed by atoms with van der Waals surface area (Å²) < 4.78 is 5.61. The third-order valence-electron chi connectivity index (χ3n) is 2.17. The van der Waals surface area contributed by atoms with Gasteiger partial charge in [0.05, 0.1) is 5.38 Å². The van der Waals surface area contributed by atoms with Crippen LogP contribution in [0.4, 0.5) is 0 Å². The number of nitrogens with one attached hydrogen (secondary N) is 1. The number of hydrogen-bond donors (Lipinski definition) is 1. The molecular weight excluding hydrogens is 222 g/mol. The van der Waals surface area contributed by atoms with E-state index in [0.29, 0.717) is 12.6 Å². The molecule has 0 aliphatic rings. The zero-order chi connectivity index (χ0) is 12.0. The van der Waals surface area contributed by atoms with Gasteiger partial charge in [0.15, 0.2) is 0 Å². The van der Waals surface area contributed by atoms with E-state index < -0.39 is 0 Å². The highest BCUT2D eigenvalue weighted by Crippen LogP contribution is 2.13. The van der Waals surface area contributed by atoms with Crippen molar-refractivity contribution in [3.8, 4) is 5.75 Å². The second-order valence-corrected chi connectivity index (χ2v) is 4.90. The van der Waals surface area contributed by atoms with Crippen molar-refractivity contribution in [2.75, 3.05) is 13.2 Å². The monoisotopic (exact) mass is 241 g/mol. The standard InChI is InChI=1S/C13H20ClNO/c1-10(2)15-8-12(14)9-16-13-6-4-5-11(3)7-13/h4-7,10,12,15H,8-9H2,1-3H3. The Bertz CT molecular complexity index is 315. The molecule has 90 valence electrons. The van der Waals surface area contributed by atoms with E-state index in [4.69, 9.17) is 16.3 Å². The summed E-state index contributed by atoms with van der Waals surface area (Å²) in [5.74, 6) is 0.884. The van der Waals surface area contributed by atoms with Crippen LogP contribution in [0.3, 0.4) is 0 Å². The molecule has 1 aromatic carbocycles.